The molecular formula is C27H41ClN4O3S. The molecule has 0 aliphatic heterocycles. The molecule has 0 radical (unpaired) electrons. The maximum atomic E-state index is 13.7. The third-order valence-electron chi connectivity index (χ3n) is 6.74. The van der Waals surface area contributed by atoms with Crippen LogP contribution in [0.2, 0.25) is 0 Å². The van der Waals surface area contributed by atoms with E-state index in [1.54, 1.807) is 0 Å². The molecule has 3 rings (SSSR count). The van der Waals surface area contributed by atoms with E-state index < -0.39 is 11.5 Å². The number of benzene rings is 1. The average Bonchev–Trinajstić information content (AvgIpc) is 3.31. The highest BCUT2D eigenvalue weighted by Crippen LogP contribution is 2.41. The van der Waals surface area contributed by atoms with Gasteiger partial charge in [-0.25, -0.2) is 0 Å². The van der Waals surface area contributed by atoms with Crippen LogP contribution in [0, 0.1) is 11.3 Å². The van der Waals surface area contributed by atoms with Gasteiger partial charge in [0.25, 0.3) is 11.1 Å². The van der Waals surface area contributed by atoms with Gasteiger partial charge in [0.2, 0.25) is 11.7 Å². The Morgan fingerprint density at radius 3 is 2.44 bits per heavy atom. The van der Waals surface area contributed by atoms with Gasteiger partial charge >= 0.3 is 0 Å². The zero-order valence-electron chi connectivity index (χ0n) is 22.0. The molecule has 200 valence electrons. The summed E-state index contributed by atoms with van der Waals surface area (Å²) in [7, 11) is 4.00. The van der Waals surface area contributed by atoms with E-state index in [2.05, 4.69) is 46.4 Å². The van der Waals surface area contributed by atoms with Crippen LogP contribution in [0.3, 0.4) is 0 Å². The predicted molar refractivity (Wildman–Crippen MR) is 147 cm³/mol. The van der Waals surface area contributed by atoms with Crippen molar-refractivity contribution in [2.24, 2.45) is 11.3 Å². The number of hydrogen-bond donors (Lipinski definition) is 1. The van der Waals surface area contributed by atoms with Crippen molar-refractivity contribution in [3.05, 3.63) is 41.8 Å². The Bertz CT molecular complexity index is 946. The number of Topliss-reactive ketones (excluding diaryl/α,β-unsaturated/α-hetero) is 1. The molecule has 0 bridgehead atoms. The maximum Gasteiger partial charge on any atom is 0.286 e. The molecule has 9 heteroatoms. The van der Waals surface area contributed by atoms with Crippen molar-refractivity contribution in [2.75, 3.05) is 26.4 Å². The molecule has 2 aromatic rings. The van der Waals surface area contributed by atoms with E-state index in [0.717, 1.165) is 57.2 Å². The van der Waals surface area contributed by atoms with Gasteiger partial charge < -0.3 is 14.6 Å². The zero-order valence-corrected chi connectivity index (χ0v) is 23.6. The summed E-state index contributed by atoms with van der Waals surface area (Å²) in [4.78, 5) is 29.2. The molecule has 1 fully saturated rings. The summed E-state index contributed by atoms with van der Waals surface area (Å²) in [6.07, 6.45) is 7.15. The minimum Gasteiger partial charge on any atom is -0.408 e. The Morgan fingerprint density at radius 2 is 1.81 bits per heavy atom. The first-order valence-electron chi connectivity index (χ1n) is 12.8. The van der Waals surface area contributed by atoms with Crippen molar-refractivity contribution in [1.29, 1.82) is 0 Å². The second kappa shape index (κ2) is 14.7. The van der Waals surface area contributed by atoms with Crippen molar-refractivity contribution in [2.45, 2.75) is 76.5 Å². The lowest BCUT2D eigenvalue weighted by Gasteiger charge is -2.37. The number of amides is 1. The van der Waals surface area contributed by atoms with Crippen molar-refractivity contribution in [1.82, 2.24) is 20.4 Å². The SMILES string of the molecule is CC(C)CC(NC(=O)C1(CCc2ccccc2)CCCCC1)C(=O)c1nnc(SCCN(C)C)o1.Cl. The number of carbonyl (C=O) groups is 2. The maximum absolute atomic E-state index is 13.7. The quantitative estimate of drug-likeness (QED) is 0.269. The fourth-order valence-corrected chi connectivity index (χ4v) is 5.56. The third-order valence-corrected chi connectivity index (χ3v) is 7.54. The van der Waals surface area contributed by atoms with E-state index in [0.29, 0.717) is 11.6 Å². The van der Waals surface area contributed by atoms with E-state index in [4.69, 9.17) is 4.42 Å². The summed E-state index contributed by atoms with van der Waals surface area (Å²) >= 11 is 1.43. The van der Waals surface area contributed by atoms with Gasteiger partial charge in [-0.1, -0.05) is 75.2 Å². The number of thioether (sulfide) groups is 1. The van der Waals surface area contributed by atoms with Gasteiger partial charge in [0.05, 0.1) is 6.04 Å². The van der Waals surface area contributed by atoms with Gasteiger partial charge in [-0.15, -0.1) is 22.6 Å². The average molecular weight is 537 g/mol. The van der Waals surface area contributed by atoms with Crippen LogP contribution >= 0.6 is 24.2 Å². The Balaban J connectivity index is 0.00000456. The second-order valence-electron chi connectivity index (χ2n) is 10.4. The minimum atomic E-state index is -0.668. The van der Waals surface area contributed by atoms with Crippen LogP contribution in [0.1, 0.15) is 75.0 Å². The van der Waals surface area contributed by atoms with E-state index >= 15 is 0 Å². The van der Waals surface area contributed by atoms with Gasteiger partial charge in [0, 0.05) is 17.7 Å². The molecular weight excluding hydrogens is 496 g/mol. The topological polar surface area (TPSA) is 88.3 Å². The first-order chi connectivity index (χ1) is 16.8. The van der Waals surface area contributed by atoms with Crippen LogP contribution in [-0.4, -0.2) is 59.2 Å². The summed E-state index contributed by atoms with van der Waals surface area (Å²) in [5.74, 6) is 0.692. The normalized spacial score (nSPS) is 15.9. The lowest BCUT2D eigenvalue weighted by atomic mass is 9.69. The highest BCUT2D eigenvalue weighted by molar-refractivity contribution is 7.99. The van der Waals surface area contributed by atoms with Gasteiger partial charge in [0.15, 0.2) is 0 Å². The number of rotatable bonds is 13. The molecule has 1 N–H and O–H groups in total. The van der Waals surface area contributed by atoms with Crippen LogP contribution in [0.25, 0.3) is 0 Å². The second-order valence-corrected chi connectivity index (χ2v) is 11.4. The molecule has 1 amide bonds. The monoisotopic (exact) mass is 536 g/mol. The highest BCUT2D eigenvalue weighted by atomic mass is 35.5. The van der Waals surface area contributed by atoms with Crippen molar-refractivity contribution >= 4 is 35.9 Å². The number of ketones is 1. The molecule has 1 unspecified atom stereocenters. The Morgan fingerprint density at radius 1 is 1.11 bits per heavy atom. The number of halogens is 1. The lowest BCUT2D eigenvalue weighted by Crippen LogP contribution is -2.50. The smallest absolute Gasteiger partial charge is 0.286 e. The summed E-state index contributed by atoms with van der Waals surface area (Å²) < 4.78 is 5.67. The molecule has 1 aromatic heterocycles. The molecule has 1 heterocycles. The predicted octanol–water partition coefficient (Wildman–Crippen LogP) is 5.44. The Hall–Kier alpha value is -1.90. The number of hydrogen-bond acceptors (Lipinski definition) is 7. The minimum absolute atomic E-state index is 0. The molecule has 1 aromatic carbocycles. The molecule has 7 nitrogen and oxygen atoms in total. The van der Waals surface area contributed by atoms with Gasteiger partial charge in [-0.3, -0.25) is 9.59 Å². The summed E-state index contributed by atoms with van der Waals surface area (Å²) in [6.45, 7) is 4.97. The first-order valence-corrected chi connectivity index (χ1v) is 13.8. The Labute approximate surface area is 226 Å². The molecule has 1 aliphatic carbocycles. The van der Waals surface area contributed by atoms with Crippen LogP contribution < -0.4 is 5.32 Å². The fraction of sp³-hybridized carbons (Fsp3) is 0.630. The summed E-state index contributed by atoms with van der Waals surface area (Å²) in [6, 6.07) is 9.65. The zero-order chi connectivity index (χ0) is 25.3. The summed E-state index contributed by atoms with van der Waals surface area (Å²) in [5.41, 5.74) is 0.802. The van der Waals surface area contributed by atoms with Gasteiger partial charge in [0.1, 0.15) is 0 Å². The Kier molecular flexibility index (Phi) is 12.4. The van der Waals surface area contributed by atoms with Crippen molar-refractivity contribution in [3.8, 4) is 0 Å². The number of carbonyl (C=O) groups excluding carboxylic acids is 2. The van der Waals surface area contributed by atoms with Crippen LogP contribution in [0.5, 0.6) is 0 Å². The van der Waals surface area contributed by atoms with E-state index in [-0.39, 0.29) is 35.9 Å². The fourth-order valence-electron chi connectivity index (χ4n) is 4.69. The number of aryl methyl sites for hydroxylation is 1. The molecule has 1 saturated carbocycles. The molecule has 1 aliphatic rings. The number of aromatic nitrogens is 2. The molecule has 1 atom stereocenters. The van der Waals surface area contributed by atoms with Crippen LogP contribution in [0.15, 0.2) is 40.0 Å². The van der Waals surface area contributed by atoms with E-state index in [9.17, 15) is 9.59 Å². The first kappa shape index (κ1) is 30.3. The third kappa shape index (κ3) is 8.89. The number of nitrogens with one attached hydrogen (secondary N) is 1. The van der Waals surface area contributed by atoms with Crippen LogP contribution in [0.4, 0.5) is 0 Å². The highest BCUT2D eigenvalue weighted by Gasteiger charge is 2.41. The lowest BCUT2D eigenvalue weighted by molar-refractivity contribution is -0.134. The largest absolute Gasteiger partial charge is 0.408 e. The van der Waals surface area contributed by atoms with E-state index in [1.807, 2.05) is 32.3 Å². The molecule has 0 spiro atoms. The van der Waals surface area contributed by atoms with Crippen molar-refractivity contribution < 1.29 is 14.0 Å². The standard InChI is InChI=1S/C27H40N4O3S.ClH/c1-20(2)19-22(23(32)24-29-30-26(34-24)35-18-17-31(3)4)28-25(33)27(14-9-6-10-15-27)16-13-21-11-7-5-8-12-21;/h5,7-8,11-12,20,22H,6,9-10,13-19H2,1-4H3,(H,28,33);1H. The van der Waals surface area contributed by atoms with Gasteiger partial charge in [-0.2, -0.15) is 0 Å². The number of nitrogens with zero attached hydrogens (tertiary/aromatic N) is 3. The molecule has 36 heavy (non-hydrogen) atoms. The van der Waals surface area contributed by atoms with E-state index in [1.165, 1.54) is 17.3 Å². The molecule has 0 saturated heterocycles. The van der Waals surface area contributed by atoms with Gasteiger partial charge in [-0.05, 0) is 57.7 Å². The summed E-state index contributed by atoms with van der Waals surface area (Å²) in [5, 5.41) is 11.6. The van der Waals surface area contributed by atoms with Crippen LogP contribution in [-0.2, 0) is 11.2 Å². The van der Waals surface area contributed by atoms with Crippen molar-refractivity contribution in [3.63, 3.8) is 0 Å².